The Kier molecular flexibility index (Phi) is 6.00. The lowest BCUT2D eigenvalue weighted by molar-refractivity contribution is 0.575. The third-order valence-electron chi connectivity index (χ3n) is 4.17. The summed E-state index contributed by atoms with van der Waals surface area (Å²) in [5.74, 6) is -0.308. The molecule has 26 heavy (non-hydrogen) atoms. The molecule has 0 bridgehead atoms. The van der Waals surface area contributed by atoms with Gasteiger partial charge in [0.15, 0.2) is 5.82 Å². The molecule has 1 aromatic carbocycles. The van der Waals surface area contributed by atoms with Gasteiger partial charge in [0.1, 0.15) is 5.82 Å². The van der Waals surface area contributed by atoms with Crippen LogP contribution in [0.15, 0.2) is 36.5 Å². The van der Waals surface area contributed by atoms with E-state index in [9.17, 15) is 12.8 Å². The highest BCUT2D eigenvalue weighted by molar-refractivity contribution is 7.88. The maximum Gasteiger partial charge on any atom is 0.215 e. The summed E-state index contributed by atoms with van der Waals surface area (Å²) in [5, 5.41) is 11.1. The van der Waals surface area contributed by atoms with Gasteiger partial charge in [-0.25, -0.2) is 17.5 Å². The van der Waals surface area contributed by atoms with Crippen LogP contribution in [0.2, 0.25) is 0 Å². The maximum atomic E-state index is 13.6. The molecule has 0 amide bonds. The fraction of sp³-hybridized carbons (Fsp3) is 0.412. The van der Waals surface area contributed by atoms with Crippen molar-refractivity contribution >= 4 is 21.5 Å². The Bertz CT molecular complexity index is 841. The number of halogens is 1. The molecular weight excluding hydrogens is 357 g/mol. The predicted octanol–water partition coefficient (Wildman–Crippen LogP) is 1.75. The van der Waals surface area contributed by atoms with Crippen LogP contribution in [0, 0.1) is 5.82 Å². The number of sulfonamides is 1. The van der Waals surface area contributed by atoms with E-state index in [0.717, 1.165) is 18.8 Å². The van der Waals surface area contributed by atoms with Crippen molar-refractivity contribution in [1.82, 2.24) is 14.9 Å². The van der Waals surface area contributed by atoms with Gasteiger partial charge in [0, 0.05) is 37.8 Å². The van der Waals surface area contributed by atoms with Gasteiger partial charge in [0.2, 0.25) is 10.0 Å². The van der Waals surface area contributed by atoms with Gasteiger partial charge in [0.25, 0.3) is 0 Å². The summed E-state index contributed by atoms with van der Waals surface area (Å²) >= 11 is 0. The average molecular weight is 379 g/mol. The Morgan fingerprint density at radius 1 is 1.15 bits per heavy atom. The summed E-state index contributed by atoms with van der Waals surface area (Å²) < 4.78 is 40.1. The number of nitrogens with one attached hydrogen (secondary N) is 2. The van der Waals surface area contributed by atoms with E-state index in [0.29, 0.717) is 12.4 Å². The van der Waals surface area contributed by atoms with Crippen molar-refractivity contribution in [3.63, 3.8) is 0 Å². The Balaban J connectivity index is 1.47. The monoisotopic (exact) mass is 379 g/mol. The minimum atomic E-state index is -3.61. The molecule has 0 saturated carbocycles. The molecular formula is C17H22FN5O2S. The Morgan fingerprint density at radius 2 is 1.92 bits per heavy atom. The fourth-order valence-electron chi connectivity index (χ4n) is 2.86. The van der Waals surface area contributed by atoms with Crippen LogP contribution in [0.5, 0.6) is 0 Å². The largest absolute Gasteiger partial charge is 0.370 e. The first-order chi connectivity index (χ1) is 12.5. The number of rotatable bonds is 8. The van der Waals surface area contributed by atoms with Crippen molar-refractivity contribution in [2.75, 3.05) is 36.4 Å². The lowest BCUT2D eigenvalue weighted by Crippen LogP contribution is -2.30. The van der Waals surface area contributed by atoms with Gasteiger partial charge in [-0.05, 0) is 18.9 Å². The molecule has 1 aromatic heterocycles. The molecule has 140 valence electrons. The van der Waals surface area contributed by atoms with Crippen molar-refractivity contribution in [3.05, 3.63) is 47.9 Å². The lowest BCUT2D eigenvalue weighted by atomic mass is 10.2. The van der Waals surface area contributed by atoms with Gasteiger partial charge in [-0.3, -0.25) is 0 Å². The van der Waals surface area contributed by atoms with Crippen molar-refractivity contribution in [1.29, 1.82) is 0 Å². The lowest BCUT2D eigenvalue weighted by Gasteiger charge is -2.17. The number of benzene rings is 1. The molecule has 1 aliphatic rings. The van der Waals surface area contributed by atoms with E-state index in [1.54, 1.807) is 12.3 Å². The van der Waals surface area contributed by atoms with E-state index in [2.05, 4.69) is 25.1 Å². The van der Waals surface area contributed by atoms with E-state index in [1.807, 2.05) is 6.07 Å². The molecule has 2 aromatic rings. The molecule has 0 unspecified atom stereocenters. The topological polar surface area (TPSA) is 87.2 Å². The van der Waals surface area contributed by atoms with Crippen LogP contribution in [0.1, 0.15) is 18.4 Å². The van der Waals surface area contributed by atoms with Gasteiger partial charge < -0.3 is 10.2 Å². The molecule has 0 spiro atoms. The highest BCUT2D eigenvalue weighted by Crippen LogP contribution is 2.20. The molecule has 0 aliphatic carbocycles. The summed E-state index contributed by atoms with van der Waals surface area (Å²) in [6, 6.07) is 7.76. The molecule has 0 radical (unpaired) electrons. The molecule has 1 aliphatic heterocycles. The summed E-state index contributed by atoms with van der Waals surface area (Å²) in [4.78, 5) is 2.25. The first-order valence-corrected chi connectivity index (χ1v) is 10.2. The van der Waals surface area contributed by atoms with Gasteiger partial charge >= 0.3 is 0 Å². The fourth-order valence-corrected chi connectivity index (χ4v) is 4.02. The minimum absolute atomic E-state index is 0.150. The highest BCUT2D eigenvalue weighted by Gasteiger charge is 2.15. The van der Waals surface area contributed by atoms with Gasteiger partial charge in [-0.1, -0.05) is 18.2 Å². The van der Waals surface area contributed by atoms with Crippen molar-refractivity contribution in [2.24, 2.45) is 0 Å². The van der Waals surface area contributed by atoms with E-state index in [4.69, 9.17) is 0 Å². The van der Waals surface area contributed by atoms with Gasteiger partial charge in [0.05, 0.1) is 17.6 Å². The zero-order valence-electron chi connectivity index (χ0n) is 14.4. The second-order valence-electron chi connectivity index (χ2n) is 6.16. The van der Waals surface area contributed by atoms with Crippen molar-refractivity contribution in [3.8, 4) is 0 Å². The zero-order valence-corrected chi connectivity index (χ0v) is 15.2. The normalized spacial score (nSPS) is 14.6. The van der Waals surface area contributed by atoms with E-state index < -0.39 is 15.8 Å². The quantitative estimate of drug-likeness (QED) is 0.680. The van der Waals surface area contributed by atoms with Crippen LogP contribution in [0.25, 0.3) is 0 Å². The smallest absolute Gasteiger partial charge is 0.215 e. The molecule has 0 atom stereocenters. The third-order valence-corrected chi connectivity index (χ3v) is 5.50. The van der Waals surface area contributed by atoms with Crippen LogP contribution >= 0.6 is 0 Å². The maximum absolute atomic E-state index is 13.6. The van der Waals surface area contributed by atoms with Crippen molar-refractivity contribution < 1.29 is 12.8 Å². The van der Waals surface area contributed by atoms with Crippen LogP contribution in [-0.4, -0.2) is 44.8 Å². The Labute approximate surface area is 152 Å². The molecule has 7 nitrogen and oxygen atoms in total. The van der Waals surface area contributed by atoms with Crippen LogP contribution in [-0.2, 0) is 15.8 Å². The first-order valence-electron chi connectivity index (χ1n) is 8.56. The van der Waals surface area contributed by atoms with Gasteiger partial charge in [-0.2, -0.15) is 5.10 Å². The number of nitrogens with zero attached hydrogens (tertiary/aromatic N) is 3. The molecule has 2 heterocycles. The van der Waals surface area contributed by atoms with Crippen LogP contribution in [0.4, 0.5) is 15.9 Å². The Hall–Kier alpha value is -2.26. The van der Waals surface area contributed by atoms with Crippen LogP contribution in [0.3, 0.4) is 0 Å². The summed E-state index contributed by atoms with van der Waals surface area (Å²) in [7, 11) is -3.61. The molecule has 1 fully saturated rings. The minimum Gasteiger partial charge on any atom is -0.370 e. The summed E-state index contributed by atoms with van der Waals surface area (Å²) in [5.41, 5.74) is 1.16. The standard InChI is InChI=1S/C17H22FN5O2S/c18-16-6-2-1-5-14(16)13-26(24,25)21-8-7-19-17-11-15(12-20-22-17)23-9-3-4-10-23/h1-2,5-6,11-12,21H,3-4,7-10,13H2,(H,19,22). The first kappa shape index (κ1) is 18.5. The second-order valence-corrected chi connectivity index (χ2v) is 7.97. The molecule has 1 saturated heterocycles. The third kappa shape index (κ3) is 5.12. The number of anilines is 2. The zero-order chi connectivity index (χ0) is 18.4. The predicted molar refractivity (Wildman–Crippen MR) is 99.0 cm³/mol. The average Bonchev–Trinajstić information content (AvgIpc) is 3.16. The second kappa shape index (κ2) is 8.41. The SMILES string of the molecule is O=S(=O)(Cc1ccccc1F)NCCNc1cc(N2CCCC2)cnn1. The number of hydrogen-bond donors (Lipinski definition) is 2. The van der Waals surface area contributed by atoms with Gasteiger partial charge in [-0.15, -0.1) is 5.10 Å². The molecule has 2 N–H and O–H groups in total. The van der Waals surface area contributed by atoms with E-state index in [1.165, 1.54) is 31.0 Å². The highest BCUT2D eigenvalue weighted by atomic mass is 32.2. The van der Waals surface area contributed by atoms with Crippen molar-refractivity contribution in [2.45, 2.75) is 18.6 Å². The van der Waals surface area contributed by atoms with E-state index >= 15 is 0 Å². The number of hydrogen-bond acceptors (Lipinski definition) is 6. The summed E-state index contributed by atoms with van der Waals surface area (Å²) in [6.45, 7) is 2.56. The Morgan fingerprint density at radius 3 is 2.69 bits per heavy atom. The summed E-state index contributed by atoms with van der Waals surface area (Å²) in [6.07, 6.45) is 4.08. The van der Waals surface area contributed by atoms with E-state index in [-0.39, 0.29) is 17.9 Å². The molecule has 9 heteroatoms. The molecule has 3 rings (SSSR count). The van der Waals surface area contributed by atoms with Crippen LogP contribution < -0.4 is 14.9 Å². The number of aromatic nitrogens is 2.